The average Bonchev–Trinajstić information content (AvgIpc) is 2.75. The Kier molecular flexibility index (Phi) is 3.45. The fourth-order valence-electron chi connectivity index (χ4n) is 6.75. The first kappa shape index (κ1) is 15.7. The van der Waals surface area contributed by atoms with Gasteiger partial charge in [-0.05, 0) is 69.1 Å². The molecule has 2 heterocycles. The Labute approximate surface area is 140 Å². The van der Waals surface area contributed by atoms with Gasteiger partial charge in [0.2, 0.25) is 5.91 Å². The molecule has 3 nitrogen and oxygen atoms in total. The van der Waals surface area contributed by atoms with E-state index in [9.17, 15) is 9.59 Å². The molecule has 2 saturated heterocycles. The van der Waals surface area contributed by atoms with Crippen molar-refractivity contribution in [1.29, 1.82) is 0 Å². The van der Waals surface area contributed by atoms with Crippen LogP contribution in [0.1, 0.15) is 72.1 Å². The largest absolute Gasteiger partial charge is 0.337 e. The molecule has 2 aliphatic heterocycles. The van der Waals surface area contributed by atoms with Crippen molar-refractivity contribution in [2.45, 2.75) is 77.7 Å². The molecule has 0 spiro atoms. The summed E-state index contributed by atoms with van der Waals surface area (Å²) in [6.45, 7) is 7.74. The molecule has 0 aromatic rings. The van der Waals surface area contributed by atoms with Crippen LogP contribution in [0.15, 0.2) is 0 Å². The molecule has 2 saturated carbocycles. The van der Waals surface area contributed by atoms with E-state index >= 15 is 0 Å². The van der Waals surface area contributed by atoms with Crippen LogP contribution < -0.4 is 0 Å². The van der Waals surface area contributed by atoms with Crippen LogP contribution in [0.25, 0.3) is 0 Å². The van der Waals surface area contributed by atoms with Gasteiger partial charge >= 0.3 is 0 Å². The lowest BCUT2D eigenvalue weighted by Gasteiger charge is -2.59. The fourth-order valence-corrected chi connectivity index (χ4v) is 6.75. The third kappa shape index (κ3) is 2.07. The van der Waals surface area contributed by atoms with E-state index in [2.05, 4.69) is 25.7 Å². The van der Waals surface area contributed by atoms with E-state index in [4.69, 9.17) is 0 Å². The Morgan fingerprint density at radius 1 is 1.00 bits per heavy atom. The highest BCUT2D eigenvalue weighted by Gasteiger charge is 2.60. The van der Waals surface area contributed by atoms with Crippen molar-refractivity contribution in [1.82, 2.24) is 4.90 Å². The van der Waals surface area contributed by atoms with Gasteiger partial charge in [0.25, 0.3) is 0 Å². The van der Waals surface area contributed by atoms with Crippen LogP contribution in [-0.2, 0) is 9.59 Å². The Bertz CT molecular complexity index is 544. The van der Waals surface area contributed by atoms with Crippen LogP contribution >= 0.6 is 0 Å². The summed E-state index contributed by atoms with van der Waals surface area (Å²) in [4.78, 5) is 27.5. The number of nitrogens with zero attached hydrogens (tertiary/aromatic N) is 1. The highest BCUT2D eigenvalue weighted by atomic mass is 16.2. The van der Waals surface area contributed by atoms with Crippen molar-refractivity contribution in [3.05, 3.63) is 0 Å². The van der Waals surface area contributed by atoms with E-state index in [0.29, 0.717) is 35.4 Å². The van der Waals surface area contributed by atoms with E-state index in [-0.39, 0.29) is 11.0 Å². The Hall–Kier alpha value is -0.860. The predicted octanol–water partition coefficient (Wildman–Crippen LogP) is 3.81. The molecule has 23 heavy (non-hydrogen) atoms. The van der Waals surface area contributed by atoms with Gasteiger partial charge in [0.05, 0.1) is 0 Å². The summed E-state index contributed by atoms with van der Waals surface area (Å²) in [5.41, 5.74) is -0.0144. The molecule has 6 atom stereocenters. The minimum Gasteiger partial charge on any atom is -0.337 e. The van der Waals surface area contributed by atoms with Crippen LogP contribution in [0.4, 0.5) is 0 Å². The zero-order valence-corrected chi connectivity index (χ0v) is 14.9. The third-order valence-corrected chi connectivity index (χ3v) is 8.21. The van der Waals surface area contributed by atoms with Crippen molar-refractivity contribution in [3.63, 3.8) is 0 Å². The summed E-state index contributed by atoms with van der Waals surface area (Å²) in [6.07, 6.45) is 8.24. The molecule has 0 aromatic heterocycles. The minimum atomic E-state index is -0.0538. The normalized spacial score (nSPS) is 50.1. The van der Waals surface area contributed by atoms with Gasteiger partial charge in [0.15, 0.2) is 0 Å². The lowest BCUT2D eigenvalue weighted by molar-refractivity contribution is -0.154. The molecule has 1 amide bonds. The highest BCUT2D eigenvalue weighted by Crippen LogP contribution is 2.60. The first-order chi connectivity index (χ1) is 10.9. The molecule has 4 aliphatic rings. The molecule has 4 fully saturated rings. The van der Waals surface area contributed by atoms with Crippen LogP contribution in [-0.4, -0.2) is 28.7 Å². The fraction of sp³-hybridized carbons (Fsp3) is 0.900. The first-order valence-electron chi connectivity index (χ1n) is 9.70. The maximum Gasteiger partial charge on any atom is 0.223 e. The summed E-state index contributed by atoms with van der Waals surface area (Å²) in [6, 6.07) is 0. The Balaban J connectivity index is 1.67. The number of carbonyl (C=O) groups excluding carboxylic acids is 2. The second-order valence-electron chi connectivity index (χ2n) is 9.33. The summed E-state index contributed by atoms with van der Waals surface area (Å²) >= 11 is 0. The van der Waals surface area contributed by atoms with Crippen LogP contribution in [0.5, 0.6) is 0 Å². The Morgan fingerprint density at radius 2 is 1.78 bits per heavy atom. The average molecular weight is 317 g/mol. The minimum absolute atomic E-state index is 0.0394. The summed E-state index contributed by atoms with van der Waals surface area (Å²) in [5.74, 6) is 3.25. The van der Waals surface area contributed by atoms with Gasteiger partial charge in [-0.2, -0.15) is 0 Å². The zero-order valence-electron chi connectivity index (χ0n) is 14.9. The van der Waals surface area contributed by atoms with E-state index < -0.39 is 0 Å². The summed E-state index contributed by atoms with van der Waals surface area (Å²) < 4.78 is 0. The third-order valence-electron chi connectivity index (χ3n) is 8.21. The quantitative estimate of drug-likeness (QED) is 0.681. The molecule has 1 unspecified atom stereocenters. The number of piperidine rings is 1. The lowest BCUT2D eigenvalue weighted by Crippen LogP contribution is -2.62. The Morgan fingerprint density at radius 3 is 2.57 bits per heavy atom. The van der Waals surface area contributed by atoms with Crippen molar-refractivity contribution in [3.8, 4) is 0 Å². The van der Waals surface area contributed by atoms with Gasteiger partial charge in [-0.3, -0.25) is 9.59 Å². The van der Waals surface area contributed by atoms with Crippen molar-refractivity contribution >= 4 is 11.7 Å². The number of carbonyl (C=O) groups is 2. The number of ketones is 1. The van der Waals surface area contributed by atoms with E-state index in [1.165, 1.54) is 6.42 Å². The topological polar surface area (TPSA) is 37.4 Å². The van der Waals surface area contributed by atoms with Crippen LogP contribution in [0, 0.1) is 29.1 Å². The number of rotatable bonds is 0. The van der Waals surface area contributed by atoms with Gasteiger partial charge in [-0.15, -0.1) is 0 Å². The first-order valence-corrected chi connectivity index (χ1v) is 9.70. The smallest absolute Gasteiger partial charge is 0.223 e. The summed E-state index contributed by atoms with van der Waals surface area (Å²) in [7, 11) is 0. The molecule has 128 valence electrons. The van der Waals surface area contributed by atoms with Gasteiger partial charge in [0.1, 0.15) is 5.78 Å². The van der Waals surface area contributed by atoms with Crippen LogP contribution in [0.2, 0.25) is 0 Å². The molecule has 0 aromatic carbocycles. The van der Waals surface area contributed by atoms with Gasteiger partial charge in [-0.25, -0.2) is 0 Å². The number of Topliss-reactive ketones (excluding diaryl/α,β-unsaturated/α-hetero) is 1. The molecule has 2 aliphatic carbocycles. The molecular formula is C20H31NO2. The number of hydrogen-bond acceptors (Lipinski definition) is 2. The van der Waals surface area contributed by atoms with Gasteiger partial charge < -0.3 is 4.90 Å². The van der Waals surface area contributed by atoms with Crippen molar-refractivity contribution in [2.24, 2.45) is 29.1 Å². The van der Waals surface area contributed by atoms with Crippen molar-refractivity contribution < 1.29 is 9.59 Å². The van der Waals surface area contributed by atoms with E-state index in [0.717, 1.165) is 51.5 Å². The standard InChI is InChI=1S/C20H31NO2/c1-13-6-10-20(3)16-7-9-19(2)15(4-5-17(19)22)14(16)8-11-21(20)18(23)12-13/h13-16H,4-12H2,1-3H3/t13?,14-,15-,16-,19-,20+/m0/s1. The second-order valence-corrected chi connectivity index (χ2v) is 9.33. The maximum absolute atomic E-state index is 12.8. The van der Waals surface area contributed by atoms with E-state index in [1.54, 1.807) is 0 Å². The molecule has 4 rings (SSSR count). The van der Waals surface area contributed by atoms with Gasteiger partial charge in [0, 0.05) is 30.3 Å². The van der Waals surface area contributed by atoms with E-state index in [1.807, 2.05) is 0 Å². The number of fused-ring (bicyclic) bond motifs is 5. The summed E-state index contributed by atoms with van der Waals surface area (Å²) in [5, 5.41) is 0. The molecule has 0 bridgehead atoms. The van der Waals surface area contributed by atoms with Gasteiger partial charge in [-0.1, -0.05) is 13.8 Å². The predicted molar refractivity (Wildman–Crippen MR) is 89.8 cm³/mol. The number of hydrogen-bond donors (Lipinski definition) is 0. The molecule has 0 radical (unpaired) electrons. The zero-order chi connectivity index (χ0) is 16.4. The molecular weight excluding hydrogens is 286 g/mol. The van der Waals surface area contributed by atoms with Crippen LogP contribution in [0.3, 0.4) is 0 Å². The SMILES string of the molecule is CC1CC[C@]2(C)[C@H]3CC[C@]4(C)C(=O)CC[C@H]4[C@@H]3CCN2C(=O)C1. The highest BCUT2D eigenvalue weighted by molar-refractivity contribution is 5.87. The second kappa shape index (κ2) is 5.07. The number of amides is 1. The molecule has 3 heteroatoms. The van der Waals surface area contributed by atoms with Crippen molar-refractivity contribution in [2.75, 3.05) is 6.54 Å². The lowest BCUT2D eigenvalue weighted by atomic mass is 9.53. The monoisotopic (exact) mass is 317 g/mol. The molecule has 0 N–H and O–H groups in total. The maximum atomic E-state index is 12.8.